The number of Topliss-reactive ketones (excluding diaryl/α,β-unsaturated/α-hetero) is 6. The van der Waals surface area contributed by atoms with Crippen molar-refractivity contribution in [2.45, 2.75) is 404 Å². The van der Waals surface area contributed by atoms with Crippen LogP contribution in [0, 0.1) is 0 Å². The second-order valence-corrected chi connectivity index (χ2v) is 27.7. The molecule has 0 aliphatic carbocycles. The fourth-order valence-electron chi connectivity index (χ4n) is 11.6. The Kier molecular flexibility index (Phi) is 52.9. The SMILES string of the molecule is CCCCCCCCCCCCCCCCCC(=O)CC(O)(C(=O)[O][Al]([O]C(=O)C(O)(CC(=O)CCCCCCCCCCCCCCCCC)C(=O)C(C)O)[O]C(=O)C(O)(CC(=O)CCCCCCCCCCCCCCCCC)C(=O)C(C)O)C(=O)C(C)O. The maximum Gasteiger partial charge on any atom is 1.20 e. The van der Waals surface area contributed by atoms with Gasteiger partial charge in [0.1, 0.15) is 35.7 Å². The monoisotopic (exact) mass is 1310 g/mol. The first kappa shape index (κ1) is 87.7. The average molecular weight is 1310 g/mol. The van der Waals surface area contributed by atoms with Gasteiger partial charge in [-0.25, -0.2) is 0 Å². The number of rotatable bonds is 66. The van der Waals surface area contributed by atoms with Gasteiger partial charge < -0.3 is 42.0 Å². The van der Waals surface area contributed by atoms with Crippen LogP contribution in [-0.4, -0.2) is 134 Å². The number of hydrogen-bond donors (Lipinski definition) is 6. The van der Waals surface area contributed by atoms with Gasteiger partial charge in [0.2, 0.25) is 34.2 Å². The number of hydrogen-bond acceptors (Lipinski definition) is 18. The normalized spacial score (nSPS) is 14.5. The van der Waals surface area contributed by atoms with Crippen LogP contribution in [0.3, 0.4) is 0 Å². The fraction of sp³-hybridized carbons (Fsp3) is 0.875. The van der Waals surface area contributed by atoms with Crippen LogP contribution in [0.25, 0.3) is 0 Å². The second-order valence-electron chi connectivity index (χ2n) is 26.5. The zero-order valence-electron chi connectivity index (χ0n) is 58.0. The van der Waals surface area contributed by atoms with Gasteiger partial charge in [-0.1, -0.05) is 290 Å². The van der Waals surface area contributed by atoms with Crippen molar-refractivity contribution in [1.29, 1.82) is 0 Å². The van der Waals surface area contributed by atoms with E-state index >= 15 is 0 Å². The summed E-state index contributed by atoms with van der Waals surface area (Å²) in [6, 6.07) is 0. The Hall–Kier alpha value is -3.28. The van der Waals surface area contributed by atoms with Gasteiger partial charge in [-0.05, 0) is 40.0 Å². The summed E-state index contributed by atoms with van der Waals surface area (Å²) in [6.45, 7) is 9.25. The lowest BCUT2D eigenvalue weighted by atomic mass is 9.88. The van der Waals surface area contributed by atoms with Gasteiger partial charge in [0.15, 0.2) is 0 Å². The van der Waals surface area contributed by atoms with Crippen LogP contribution in [0.15, 0.2) is 0 Å². The molecule has 0 radical (unpaired) electrons. The van der Waals surface area contributed by atoms with Crippen LogP contribution >= 0.6 is 0 Å². The lowest BCUT2D eigenvalue weighted by Gasteiger charge is -2.30. The predicted octanol–water partition coefficient (Wildman–Crippen LogP) is 14.3. The largest absolute Gasteiger partial charge is 1.20 e. The maximum absolute atomic E-state index is 14.2. The van der Waals surface area contributed by atoms with Crippen molar-refractivity contribution >= 4 is 67.8 Å². The molecular formula is C72H129AlO18. The van der Waals surface area contributed by atoms with Crippen molar-refractivity contribution in [3.8, 4) is 0 Å². The molecule has 0 bridgehead atoms. The number of ketones is 6. The minimum absolute atomic E-state index is 0.227. The van der Waals surface area contributed by atoms with Crippen molar-refractivity contribution in [1.82, 2.24) is 0 Å². The molecule has 0 amide bonds. The Balaban J connectivity index is 6.35. The van der Waals surface area contributed by atoms with Crippen molar-refractivity contribution in [2.24, 2.45) is 0 Å². The zero-order chi connectivity index (χ0) is 68.2. The van der Waals surface area contributed by atoms with Gasteiger partial charge in [-0.2, -0.15) is 0 Å². The van der Waals surface area contributed by atoms with Gasteiger partial charge in [0.05, 0.1) is 19.3 Å². The van der Waals surface area contributed by atoms with Crippen LogP contribution in [0.2, 0.25) is 0 Å². The van der Waals surface area contributed by atoms with E-state index in [1.54, 1.807) is 0 Å². The highest BCUT2D eigenvalue weighted by Crippen LogP contribution is 2.27. The third kappa shape index (κ3) is 41.3. The molecule has 0 saturated heterocycles. The molecule has 91 heavy (non-hydrogen) atoms. The molecule has 0 heterocycles. The van der Waals surface area contributed by atoms with Gasteiger partial charge in [-0.3, -0.25) is 43.2 Å². The Morgan fingerprint density at radius 2 is 0.418 bits per heavy atom. The topological polar surface area (TPSA) is 303 Å². The second kappa shape index (κ2) is 54.9. The van der Waals surface area contributed by atoms with Gasteiger partial charge in [0.25, 0.3) is 0 Å². The molecule has 0 aromatic rings. The van der Waals surface area contributed by atoms with Crippen molar-refractivity contribution in [3.05, 3.63) is 0 Å². The van der Waals surface area contributed by atoms with Crippen molar-refractivity contribution < 1.29 is 85.2 Å². The average Bonchev–Trinajstić information content (AvgIpc) is 0.932. The first-order valence-electron chi connectivity index (χ1n) is 36.5. The lowest BCUT2D eigenvalue weighted by molar-refractivity contribution is -0.180. The minimum atomic E-state index is -5.29. The number of carbonyl (C=O) groups is 9. The number of unbranched alkanes of at least 4 members (excludes halogenated alkanes) is 42. The number of aliphatic hydroxyl groups is 6. The summed E-state index contributed by atoms with van der Waals surface area (Å²) in [6.07, 6.45) is 36.7. The highest BCUT2D eigenvalue weighted by Gasteiger charge is 2.62. The van der Waals surface area contributed by atoms with E-state index < -0.39 is 122 Å². The molecule has 0 aliphatic rings. The summed E-state index contributed by atoms with van der Waals surface area (Å²) in [5.41, 5.74) is -10.6. The van der Waals surface area contributed by atoms with E-state index in [1.807, 2.05) is 0 Å². The summed E-state index contributed by atoms with van der Waals surface area (Å²) >= 11 is -5.29. The minimum Gasteiger partial charge on any atom is -0.548 e. The predicted molar refractivity (Wildman–Crippen MR) is 356 cm³/mol. The standard InChI is InChI=1S/3C24H44O6.Al/c3*1-3-4-5-6-7-8-9-10-11-12-13-14-15-16-17-18-21(26)19-24(30,23(28)29)22(27)20(2)25;/h3*20,25,30H,3-19H2,1-2H3,(H,28,29);/q;;;+3/p-3. The summed E-state index contributed by atoms with van der Waals surface area (Å²) in [5.74, 6) is -13.8. The van der Waals surface area contributed by atoms with Gasteiger partial charge >= 0.3 is 33.1 Å². The highest BCUT2D eigenvalue weighted by molar-refractivity contribution is 6.46. The molecular weight excluding hydrogens is 1180 g/mol. The van der Waals surface area contributed by atoms with Crippen LogP contribution in [0.5, 0.6) is 0 Å². The van der Waals surface area contributed by atoms with Crippen LogP contribution in [-0.2, 0) is 54.5 Å². The Morgan fingerprint density at radius 1 is 0.275 bits per heavy atom. The maximum atomic E-state index is 14.2. The molecule has 0 fully saturated rings. The number of aliphatic hydroxyl groups excluding tert-OH is 3. The first-order valence-corrected chi connectivity index (χ1v) is 37.9. The third-order valence-corrected chi connectivity index (χ3v) is 18.7. The molecule has 0 aliphatic heterocycles. The molecule has 0 spiro atoms. The van der Waals surface area contributed by atoms with E-state index in [-0.39, 0.29) is 19.3 Å². The van der Waals surface area contributed by atoms with E-state index in [1.165, 1.54) is 154 Å². The van der Waals surface area contributed by atoms with Crippen molar-refractivity contribution in [2.75, 3.05) is 0 Å². The molecule has 528 valence electrons. The molecule has 0 rings (SSSR count). The first-order chi connectivity index (χ1) is 43.5. The van der Waals surface area contributed by atoms with Crippen molar-refractivity contribution in [3.63, 3.8) is 0 Å². The van der Waals surface area contributed by atoms with E-state index in [0.29, 0.717) is 38.5 Å². The van der Waals surface area contributed by atoms with Crippen LogP contribution in [0.4, 0.5) is 0 Å². The van der Waals surface area contributed by atoms with E-state index in [2.05, 4.69) is 20.8 Å². The molecule has 6 N–H and O–H groups in total. The molecule has 6 atom stereocenters. The Labute approximate surface area is 554 Å². The summed E-state index contributed by atoms with van der Waals surface area (Å²) in [4.78, 5) is 123. The molecule has 18 nitrogen and oxygen atoms in total. The summed E-state index contributed by atoms with van der Waals surface area (Å²) in [5, 5.41) is 66.4. The lowest BCUT2D eigenvalue weighted by Crippen LogP contribution is -2.59. The molecule has 6 unspecified atom stereocenters. The quantitative estimate of drug-likeness (QED) is 0.0187. The Morgan fingerprint density at radius 3 is 0.560 bits per heavy atom. The summed E-state index contributed by atoms with van der Waals surface area (Å²) < 4.78 is 15.6. The molecule has 0 saturated carbocycles. The van der Waals surface area contributed by atoms with Crippen LogP contribution < -0.4 is 0 Å². The van der Waals surface area contributed by atoms with Gasteiger partial charge in [-0.15, -0.1) is 0 Å². The van der Waals surface area contributed by atoms with E-state index in [0.717, 1.165) is 117 Å². The zero-order valence-corrected chi connectivity index (χ0v) is 59.1. The molecule has 19 heteroatoms. The molecule has 0 aromatic carbocycles. The van der Waals surface area contributed by atoms with E-state index in [4.69, 9.17) is 11.4 Å². The van der Waals surface area contributed by atoms with Crippen LogP contribution in [0.1, 0.15) is 369 Å². The summed E-state index contributed by atoms with van der Waals surface area (Å²) in [7, 11) is 0. The third-order valence-electron chi connectivity index (χ3n) is 17.5. The smallest absolute Gasteiger partial charge is 0.548 e. The molecule has 0 aromatic heterocycles. The van der Waals surface area contributed by atoms with Gasteiger partial charge in [0, 0.05) is 19.3 Å². The fourth-order valence-corrected chi connectivity index (χ4v) is 12.9. The number of carbonyl (C=O) groups excluding carboxylic acids is 9. The highest BCUT2D eigenvalue weighted by atomic mass is 27.3. The van der Waals surface area contributed by atoms with E-state index in [9.17, 15) is 73.8 Å². The Bertz CT molecular complexity index is 1770.